The average Bonchev–Trinajstić information content (AvgIpc) is 3.40. The molecule has 2 aromatic heterocycles. The molecule has 7 nitrogen and oxygen atoms in total. The highest BCUT2D eigenvalue weighted by Crippen LogP contribution is 2.54. The van der Waals surface area contributed by atoms with E-state index in [1.54, 1.807) is 25.5 Å². The fourth-order valence-electron chi connectivity index (χ4n) is 5.19. The SMILES string of the molecule is C=S(C)c1cncc(Oc2nc3c(c(N4C[C@H](N)C5(CC5)C4)n2)-c2cc(F)cc(NC)c2C3)c1. The zero-order valence-electron chi connectivity index (χ0n) is 19.3. The van der Waals surface area contributed by atoms with E-state index in [-0.39, 0.29) is 33.8 Å². The molecule has 2 aliphatic carbocycles. The van der Waals surface area contributed by atoms with Gasteiger partial charge in [-0.3, -0.25) is 4.98 Å². The number of halogens is 1. The molecule has 3 aromatic rings. The summed E-state index contributed by atoms with van der Waals surface area (Å²) in [6.45, 7) is 1.56. The standard InChI is InChI=1S/C25H27FN6OS/c1-28-19-7-14(26)6-18-17(19)9-20-22(18)23(32-12-21(27)25(13-32)4-5-25)31-24(30-20)33-15-8-16(34(2)3)11-29-10-15/h6-8,10-11,21,28H,2,4-5,9,12-13,27H2,1,3H3/t21-,34?/m0/s1. The lowest BCUT2D eigenvalue weighted by molar-refractivity contribution is 0.437. The first kappa shape index (κ1) is 21.5. The lowest BCUT2D eigenvalue weighted by atomic mass is 10.0. The summed E-state index contributed by atoms with van der Waals surface area (Å²) >= 11 is 0. The summed E-state index contributed by atoms with van der Waals surface area (Å²) in [6.07, 6.45) is 8.33. The summed E-state index contributed by atoms with van der Waals surface area (Å²) < 4.78 is 20.6. The van der Waals surface area contributed by atoms with Gasteiger partial charge in [0.05, 0.1) is 11.9 Å². The Balaban J connectivity index is 1.46. The van der Waals surface area contributed by atoms with Gasteiger partial charge in [0, 0.05) is 60.4 Å². The molecule has 0 bridgehead atoms. The first-order valence-electron chi connectivity index (χ1n) is 11.4. The number of nitrogens with one attached hydrogen (secondary N) is 1. The van der Waals surface area contributed by atoms with Crippen LogP contribution in [0.5, 0.6) is 11.8 Å². The van der Waals surface area contributed by atoms with Crippen molar-refractivity contribution in [3.05, 3.63) is 47.7 Å². The normalized spacial score (nSPS) is 20.2. The van der Waals surface area contributed by atoms with Gasteiger partial charge >= 0.3 is 6.01 Å². The second-order valence-corrected chi connectivity index (χ2v) is 11.2. The lowest BCUT2D eigenvalue weighted by Gasteiger charge is -2.21. The van der Waals surface area contributed by atoms with Gasteiger partial charge in [-0.1, -0.05) is 5.87 Å². The second-order valence-electron chi connectivity index (χ2n) is 9.50. The molecular formula is C25H27FN6OS. The molecule has 9 heteroatoms. The molecule has 1 spiro atoms. The van der Waals surface area contributed by atoms with Crippen molar-refractivity contribution >= 4 is 27.9 Å². The van der Waals surface area contributed by atoms with Crippen molar-refractivity contribution < 1.29 is 9.13 Å². The van der Waals surface area contributed by atoms with E-state index >= 15 is 0 Å². The van der Waals surface area contributed by atoms with Crippen LogP contribution >= 0.6 is 10.5 Å². The quantitative estimate of drug-likeness (QED) is 0.419. The van der Waals surface area contributed by atoms with Crippen molar-refractivity contribution in [1.82, 2.24) is 15.0 Å². The minimum atomic E-state index is -0.287. The highest BCUT2D eigenvalue weighted by molar-refractivity contribution is 8.13. The summed E-state index contributed by atoms with van der Waals surface area (Å²) in [5.74, 6) is 5.14. The molecule has 1 aliphatic heterocycles. The predicted molar refractivity (Wildman–Crippen MR) is 135 cm³/mol. The Labute approximate surface area is 200 Å². The van der Waals surface area contributed by atoms with Gasteiger partial charge in [-0.2, -0.15) is 20.5 Å². The van der Waals surface area contributed by atoms with Gasteiger partial charge in [0.2, 0.25) is 0 Å². The maximum atomic E-state index is 14.5. The van der Waals surface area contributed by atoms with Gasteiger partial charge in [0.25, 0.3) is 0 Å². The number of ether oxygens (including phenoxy) is 1. The summed E-state index contributed by atoms with van der Waals surface area (Å²) in [4.78, 5) is 17.1. The Morgan fingerprint density at radius 1 is 1.26 bits per heavy atom. The van der Waals surface area contributed by atoms with Crippen LogP contribution in [0.3, 0.4) is 0 Å². The van der Waals surface area contributed by atoms with Crippen LogP contribution in [0.1, 0.15) is 24.1 Å². The monoisotopic (exact) mass is 478 g/mol. The van der Waals surface area contributed by atoms with Crippen LogP contribution in [0.15, 0.2) is 35.5 Å². The maximum Gasteiger partial charge on any atom is 0.324 e. The van der Waals surface area contributed by atoms with Crippen LogP contribution in [0.4, 0.5) is 15.9 Å². The molecule has 176 valence electrons. The number of rotatable bonds is 5. The van der Waals surface area contributed by atoms with Gasteiger partial charge in [-0.15, -0.1) is 0 Å². The Morgan fingerprint density at radius 3 is 2.79 bits per heavy atom. The highest BCUT2D eigenvalue weighted by atomic mass is 32.2. The number of aromatic nitrogens is 3. The fraction of sp³-hybridized carbons (Fsp3) is 0.360. The Kier molecular flexibility index (Phi) is 4.90. The summed E-state index contributed by atoms with van der Waals surface area (Å²) in [5, 5.41) is 3.13. The predicted octanol–water partition coefficient (Wildman–Crippen LogP) is 4.03. The minimum absolute atomic E-state index is 0.101. The third-order valence-electron chi connectivity index (χ3n) is 7.24. The molecule has 3 N–H and O–H groups in total. The van der Waals surface area contributed by atoms with Gasteiger partial charge in [-0.25, -0.2) is 4.39 Å². The van der Waals surface area contributed by atoms with E-state index in [1.165, 1.54) is 6.07 Å². The summed E-state index contributed by atoms with van der Waals surface area (Å²) in [7, 11) is 1.62. The zero-order chi connectivity index (χ0) is 23.6. The summed E-state index contributed by atoms with van der Waals surface area (Å²) in [5.41, 5.74) is 11.0. The number of hydrogen-bond donors (Lipinski definition) is 2. The number of hydrogen-bond acceptors (Lipinski definition) is 7. The van der Waals surface area contributed by atoms with E-state index < -0.39 is 0 Å². The Hall–Kier alpha value is -3.04. The van der Waals surface area contributed by atoms with E-state index in [1.807, 2.05) is 12.3 Å². The van der Waals surface area contributed by atoms with Crippen molar-refractivity contribution in [2.24, 2.45) is 11.1 Å². The van der Waals surface area contributed by atoms with Crippen LogP contribution in [0.25, 0.3) is 11.1 Å². The van der Waals surface area contributed by atoms with Crippen molar-refractivity contribution in [2.75, 3.05) is 36.6 Å². The smallest absolute Gasteiger partial charge is 0.324 e. The highest BCUT2D eigenvalue weighted by Gasteiger charge is 2.54. The van der Waals surface area contributed by atoms with Crippen LogP contribution in [-0.4, -0.2) is 53.3 Å². The molecule has 2 fully saturated rings. The maximum absolute atomic E-state index is 14.5. The van der Waals surface area contributed by atoms with Crippen LogP contribution in [0.2, 0.25) is 0 Å². The van der Waals surface area contributed by atoms with Gasteiger partial charge in [-0.05, 0) is 48.4 Å². The van der Waals surface area contributed by atoms with Gasteiger partial charge < -0.3 is 20.7 Å². The first-order chi connectivity index (χ1) is 16.4. The average molecular weight is 479 g/mol. The van der Waals surface area contributed by atoms with Gasteiger partial charge in [0.1, 0.15) is 11.6 Å². The topological polar surface area (TPSA) is 89.2 Å². The molecule has 1 aromatic carbocycles. The molecule has 34 heavy (non-hydrogen) atoms. The number of anilines is 2. The zero-order valence-corrected chi connectivity index (χ0v) is 20.1. The van der Waals surface area contributed by atoms with E-state index in [2.05, 4.69) is 21.1 Å². The van der Waals surface area contributed by atoms with Crippen molar-refractivity contribution in [2.45, 2.75) is 30.2 Å². The molecule has 3 aliphatic rings. The minimum Gasteiger partial charge on any atom is -0.423 e. The van der Waals surface area contributed by atoms with Crippen LogP contribution in [0, 0.1) is 11.2 Å². The third kappa shape index (κ3) is 3.45. The molecule has 0 radical (unpaired) electrons. The number of benzene rings is 1. The third-order valence-corrected chi connectivity index (χ3v) is 8.27. The Bertz CT molecular complexity index is 1340. The number of fused-ring (bicyclic) bond motifs is 3. The molecule has 1 saturated carbocycles. The molecule has 6 rings (SSSR count). The van der Waals surface area contributed by atoms with E-state index in [9.17, 15) is 4.39 Å². The molecule has 3 heterocycles. The molecule has 0 amide bonds. The van der Waals surface area contributed by atoms with Crippen molar-refractivity contribution in [3.63, 3.8) is 0 Å². The Morgan fingerprint density at radius 2 is 2.09 bits per heavy atom. The first-order valence-corrected chi connectivity index (χ1v) is 13.2. The second kappa shape index (κ2) is 7.74. The largest absolute Gasteiger partial charge is 0.423 e. The van der Waals surface area contributed by atoms with E-state index in [0.717, 1.165) is 58.2 Å². The number of nitrogens with zero attached hydrogens (tertiary/aromatic N) is 4. The van der Waals surface area contributed by atoms with E-state index in [0.29, 0.717) is 18.7 Å². The van der Waals surface area contributed by atoms with Crippen LogP contribution < -0.4 is 20.7 Å². The lowest BCUT2D eigenvalue weighted by Crippen LogP contribution is -2.30. The summed E-state index contributed by atoms with van der Waals surface area (Å²) in [6, 6.07) is 5.40. The molecule has 1 saturated heterocycles. The molecule has 1 unspecified atom stereocenters. The molecule has 2 atom stereocenters. The molecular weight excluding hydrogens is 451 g/mol. The van der Waals surface area contributed by atoms with Crippen molar-refractivity contribution in [3.8, 4) is 22.9 Å². The fourth-order valence-corrected chi connectivity index (χ4v) is 5.74. The number of pyridine rings is 1. The van der Waals surface area contributed by atoms with Crippen LogP contribution in [-0.2, 0) is 6.42 Å². The van der Waals surface area contributed by atoms with E-state index in [4.69, 9.17) is 20.4 Å². The van der Waals surface area contributed by atoms with Gasteiger partial charge in [0.15, 0.2) is 5.75 Å². The van der Waals surface area contributed by atoms with Crippen molar-refractivity contribution in [1.29, 1.82) is 0 Å². The number of nitrogens with two attached hydrogens (primary N) is 1.